The maximum atomic E-state index is 5.38. The molecule has 1 aromatic heterocycles. The number of likely N-dealkylation sites (N-methyl/N-ethyl adjacent to an activating group) is 1. The van der Waals surface area contributed by atoms with Gasteiger partial charge < -0.3 is 14.8 Å². The van der Waals surface area contributed by atoms with Gasteiger partial charge in [-0.2, -0.15) is 0 Å². The number of nitrogens with one attached hydrogen (secondary N) is 1. The Hall–Kier alpha value is -1.66. The normalized spacial score (nSPS) is 10.5. The van der Waals surface area contributed by atoms with Crippen LogP contribution in [0.4, 0.5) is 0 Å². The highest BCUT2D eigenvalue weighted by Gasteiger charge is 2.16. The average molecular weight is 279 g/mol. The van der Waals surface area contributed by atoms with Crippen LogP contribution in [0.3, 0.4) is 0 Å². The summed E-state index contributed by atoms with van der Waals surface area (Å²) >= 11 is 1.56. The van der Waals surface area contributed by atoms with Crippen LogP contribution in [0, 0.1) is 0 Å². The predicted molar refractivity (Wildman–Crippen MR) is 76.1 cm³/mol. The third-order valence-corrected chi connectivity index (χ3v) is 3.70. The summed E-state index contributed by atoms with van der Waals surface area (Å²) in [5.74, 6) is 1.49. The lowest BCUT2D eigenvalue weighted by Gasteiger charge is -2.09. The van der Waals surface area contributed by atoms with Crippen LogP contribution in [0.5, 0.6) is 11.5 Å². The van der Waals surface area contributed by atoms with Crippen molar-refractivity contribution >= 4 is 11.3 Å². The van der Waals surface area contributed by atoms with Crippen LogP contribution in [0.1, 0.15) is 5.01 Å². The van der Waals surface area contributed by atoms with E-state index in [1.165, 1.54) is 0 Å². The van der Waals surface area contributed by atoms with E-state index >= 15 is 0 Å². The molecule has 0 saturated carbocycles. The number of hydrogen-bond donors (Lipinski definition) is 1. The summed E-state index contributed by atoms with van der Waals surface area (Å²) in [6.07, 6.45) is 0.867. The molecule has 1 N–H and O–H groups in total. The molecule has 0 saturated heterocycles. The van der Waals surface area contributed by atoms with Crippen LogP contribution in [0.15, 0.2) is 18.2 Å². The molecule has 5 nitrogen and oxygen atoms in total. The smallest absolute Gasteiger partial charge is 0.155 e. The summed E-state index contributed by atoms with van der Waals surface area (Å²) in [4.78, 5) is 0. The Kier molecular flexibility index (Phi) is 4.70. The van der Waals surface area contributed by atoms with Gasteiger partial charge in [0.15, 0.2) is 5.01 Å². The molecule has 0 atom stereocenters. The van der Waals surface area contributed by atoms with E-state index in [0.29, 0.717) is 0 Å². The minimum absolute atomic E-state index is 0.746. The topological polar surface area (TPSA) is 56.3 Å². The van der Waals surface area contributed by atoms with Crippen LogP contribution in [-0.2, 0) is 6.42 Å². The van der Waals surface area contributed by atoms with Gasteiger partial charge in [0.2, 0.25) is 0 Å². The Balaban J connectivity index is 2.37. The van der Waals surface area contributed by atoms with Gasteiger partial charge in [-0.05, 0) is 19.2 Å². The molecule has 0 spiro atoms. The molecule has 0 bridgehead atoms. The van der Waals surface area contributed by atoms with Gasteiger partial charge >= 0.3 is 0 Å². The molecule has 0 fully saturated rings. The molecular weight excluding hydrogens is 262 g/mol. The van der Waals surface area contributed by atoms with Gasteiger partial charge in [0.05, 0.1) is 19.8 Å². The van der Waals surface area contributed by atoms with Crippen LogP contribution in [0.25, 0.3) is 10.6 Å². The van der Waals surface area contributed by atoms with E-state index in [9.17, 15) is 0 Å². The Morgan fingerprint density at radius 1 is 1.16 bits per heavy atom. The van der Waals surface area contributed by atoms with E-state index in [0.717, 1.165) is 40.0 Å². The molecule has 6 heteroatoms. The Bertz CT molecular complexity index is 520. The first-order chi connectivity index (χ1) is 9.30. The van der Waals surface area contributed by atoms with E-state index in [4.69, 9.17) is 9.47 Å². The van der Waals surface area contributed by atoms with Crippen molar-refractivity contribution in [2.45, 2.75) is 6.42 Å². The number of nitrogens with zero attached hydrogens (tertiary/aromatic N) is 2. The maximum Gasteiger partial charge on any atom is 0.155 e. The second-order valence-electron chi connectivity index (χ2n) is 3.89. The van der Waals surface area contributed by atoms with Crippen molar-refractivity contribution in [1.82, 2.24) is 15.5 Å². The molecule has 1 aromatic carbocycles. The molecular formula is C13H17N3O2S. The lowest BCUT2D eigenvalue weighted by molar-refractivity contribution is 0.397. The summed E-state index contributed by atoms with van der Waals surface area (Å²) < 4.78 is 10.8. The molecule has 0 unspecified atom stereocenters. The predicted octanol–water partition coefficient (Wildman–Crippen LogP) is 1.98. The first-order valence-corrected chi connectivity index (χ1v) is 6.80. The summed E-state index contributed by atoms with van der Waals surface area (Å²) in [5.41, 5.74) is 0.862. The molecule has 2 aromatic rings. The lowest BCUT2D eigenvalue weighted by Crippen LogP contribution is -2.09. The van der Waals surface area contributed by atoms with Crippen molar-refractivity contribution in [3.63, 3.8) is 0 Å². The van der Waals surface area contributed by atoms with Crippen molar-refractivity contribution in [1.29, 1.82) is 0 Å². The summed E-state index contributed by atoms with van der Waals surface area (Å²) in [7, 11) is 5.20. The largest absolute Gasteiger partial charge is 0.496 e. The highest BCUT2D eigenvalue weighted by molar-refractivity contribution is 7.14. The van der Waals surface area contributed by atoms with Crippen molar-refractivity contribution in [3.05, 3.63) is 23.2 Å². The molecule has 0 aliphatic heterocycles. The van der Waals surface area contributed by atoms with Crippen LogP contribution in [0.2, 0.25) is 0 Å². The van der Waals surface area contributed by atoms with E-state index in [-0.39, 0.29) is 0 Å². The highest BCUT2D eigenvalue weighted by Crippen LogP contribution is 2.39. The third-order valence-electron chi connectivity index (χ3n) is 2.70. The van der Waals surface area contributed by atoms with Crippen molar-refractivity contribution in [2.24, 2.45) is 0 Å². The van der Waals surface area contributed by atoms with E-state index in [2.05, 4.69) is 15.5 Å². The van der Waals surface area contributed by atoms with Crippen LogP contribution in [-0.4, -0.2) is 38.0 Å². The fourth-order valence-electron chi connectivity index (χ4n) is 1.75. The third kappa shape index (κ3) is 3.02. The molecule has 1 heterocycles. The Morgan fingerprint density at radius 3 is 2.42 bits per heavy atom. The number of rotatable bonds is 6. The van der Waals surface area contributed by atoms with Crippen molar-refractivity contribution in [3.8, 4) is 22.1 Å². The van der Waals surface area contributed by atoms with Crippen LogP contribution >= 0.6 is 11.3 Å². The molecule has 0 radical (unpaired) electrons. The van der Waals surface area contributed by atoms with Gasteiger partial charge in [-0.3, -0.25) is 0 Å². The number of aromatic nitrogens is 2. The highest BCUT2D eigenvalue weighted by atomic mass is 32.1. The minimum atomic E-state index is 0.746. The number of methoxy groups -OCH3 is 2. The molecule has 0 aliphatic rings. The van der Waals surface area contributed by atoms with Gasteiger partial charge in [0, 0.05) is 13.0 Å². The summed E-state index contributed by atoms with van der Waals surface area (Å²) in [5, 5.41) is 13.4. The van der Waals surface area contributed by atoms with Crippen LogP contribution < -0.4 is 14.8 Å². The van der Waals surface area contributed by atoms with E-state index < -0.39 is 0 Å². The zero-order valence-electron chi connectivity index (χ0n) is 11.3. The zero-order valence-corrected chi connectivity index (χ0v) is 12.1. The first kappa shape index (κ1) is 13.8. The summed E-state index contributed by atoms with van der Waals surface area (Å²) in [6.45, 7) is 0.887. The van der Waals surface area contributed by atoms with Gasteiger partial charge in [0.25, 0.3) is 0 Å². The molecule has 0 amide bonds. The van der Waals surface area contributed by atoms with Gasteiger partial charge in [-0.1, -0.05) is 17.4 Å². The number of hydrogen-bond acceptors (Lipinski definition) is 6. The fourth-order valence-corrected chi connectivity index (χ4v) is 2.64. The molecule has 0 aliphatic carbocycles. The van der Waals surface area contributed by atoms with Gasteiger partial charge in [-0.15, -0.1) is 10.2 Å². The molecule has 19 heavy (non-hydrogen) atoms. The second-order valence-corrected chi connectivity index (χ2v) is 4.95. The fraction of sp³-hybridized carbons (Fsp3) is 0.385. The van der Waals surface area contributed by atoms with E-state index in [1.807, 2.05) is 25.2 Å². The maximum absolute atomic E-state index is 5.38. The van der Waals surface area contributed by atoms with Crippen molar-refractivity contribution in [2.75, 3.05) is 27.8 Å². The second kappa shape index (κ2) is 6.49. The zero-order chi connectivity index (χ0) is 13.7. The van der Waals surface area contributed by atoms with Gasteiger partial charge in [-0.25, -0.2) is 0 Å². The van der Waals surface area contributed by atoms with Crippen molar-refractivity contribution < 1.29 is 9.47 Å². The standard InChI is InChI=1S/C13H17N3O2S/c1-14-8-7-11-15-16-13(19-11)12-9(17-2)5-4-6-10(12)18-3/h4-6,14H,7-8H2,1-3H3. The average Bonchev–Trinajstić information content (AvgIpc) is 2.92. The number of ether oxygens (including phenoxy) is 2. The monoisotopic (exact) mass is 279 g/mol. The first-order valence-electron chi connectivity index (χ1n) is 5.98. The van der Waals surface area contributed by atoms with Gasteiger partial charge in [0.1, 0.15) is 16.5 Å². The Morgan fingerprint density at radius 2 is 1.84 bits per heavy atom. The number of benzene rings is 1. The quantitative estimate of drug-likeness (QED) is 0.876. The SMILES string of the molecule is CNCCc1nnc(-c2c(OC)cccc2OC)s1. The Labute approximate surface area is 116 Å². The molecule has 102 valence electrons. The lowest BCUT2D eigenvalue weighted by atomic mass is 10.2. The minimum Gasteiger partial charge on any atom is -0.496 e. The molecule has 2 rings (SSSR count). The summed E-state index contributed by atoms with van der Waals surface area (Å²) in [6, 6.07) is 5.68. The van der Waals surface area contributed by atoms with E-state index in [1.54, 1.807) is 25.6 Å².